The van der Waals surface area contributed by atoms with Gasteiger partial charge in [-0.2, -0.15) is 0 Å². The zero-order chi connectivity index (χ0) is 14.0. The van der Waals surface area contributed by atoms with Crippen molar-refractivity contribution in [2.45, 2.75) is 19.8 Å². The van der Waals surface area contributed by atoms with E-state index in [1.807, 2.05) is 13.8 Å². The standard InChI is InChI=1S/C12H13ClN4OS/c1-6(2)11-16-17-12(19-11)15-10(18)7-3-4-8(13)9(14)5-7/h3-6H,14H2,1-2H3,(H,15,17,18). The highest BCUT2D eigenvalue weighted by Crippen LogP contribution is 2.24. The molecule has 100 valence electrons. The molecule has 1 aromatic heterocycles. The number of amides is 1. The van der Waals surface area contributed by atoms with Crippen LogP contribution < -0.4 is 11.1 Å². The summed E-state index contributed by atoms with van der Waals surface area (Å²) in [6, 6.07) is 4.73. The molecule has 0 atom stereocenters. The number of nitrogens with two attached hydrogens (primary N) is 1. The molecule has 0 radical (unpaired) electrons. The number of hydrogen-bond acceptors (Lipinski definition) is 5. The summed E-state index contributed by atoms with van der Waals surface area (Å²) in [5, 5.41) is 12.4. The molecule has 0 saturated heterocycles. The number of benzene rings is 1. The van der Waals surface area contributed by atoms with Crippen molar-refractivity contribution in [3.05, 3.63) is 33.8 Å². The molecular formula is C12H13ClN4OS. The maximum atomic E-state index is 12.0. The lowest BCUT2D eigenvalue weighted by Crippen LogP contribution is -2.12. The predicted molar refractivity (Wildman–Crippen MR) is 77.8 cm³/mol. The first-order valence-electron chi connectivity index (χ1n) is 5.67. The Morgan fingerprint density at radius 1 is 1.42 bits per heavy atom. The first-order chi connectivity index (χ1) is 8.97. The summed E-state index contributed by atoms with van der Waals surface area (Å²) in [4.78, 5) is 12.0. The van der Waals surface area contributed by atoms with Crippen molar-refractivity contribution in [2.75, 3.05) is 11.1 Å². The summed E-state index contributed by atoms with van der Waals surface area (Å²) >= 11 is 7.17. The number of halogens is 1. The van der Waals surface area contributed by atoms with E-state index in [1.165, 1.54) is 17.4 Å². The van der Waals surface area contributed by atoms with Crippen LogP contribution in [0, 0.1) is 0 Å². The zero-order valence-electron chi connectivity index (χ0n) is 10.5. The van der Waals surface area contributed by atoms with Crippen molar-refractivity contribution < 1.29 is 4.79 Å². The quantitative estimate of drug-likeness (QED) is 0.853. The normalized spacial score (nSPS) is 10.7. The molecule has 0 aliphatic carbocycles. The lowest BCUT2D eigenvalue weighted by atomic mass is 10.2. The molecule has 0 fully saturated rings. The van der Waals surface area contributed by atoms with Crippen molar-refractivity contribution in [1.29, 1.82) is 0 Å². The monoisotopic (exact) mass is 296 g/mol. The van der Waals surface area contributed by atoms with Crippen LogP contribution >= 0.6 is 22.9 Å². The van der Waals surface area contributed by atoms with Gasteiger partial charge in [0.2, 0.25) is 5.13 Å². The Morgan fingerprint density at radius 2 is 2.16 bits per heavy atom. The van der Waals surface area contributed by atoms with Crippen LogP contribution in [-0.2, 0) is 0 Å². The van der Waals surface area contributed by atoms with E-state index >= 15 is 0 Å². The number of hydrogen-bond donors (Lipinski definition) is 2. The van der Waals surface area contributed by atoms with Crippen molar-refractivity contribution in [2.24, 2.45) is 0 Å². The molecule has 1 heterocycles. The summed E-state index contributed by atoms with van der Waals surface area (Å²) in [5.41, 5.74) is 6.46. The van der Waals surface area contributed by atoms with E-state index in [2.05, 4.69) is 15.5 Å². The maximum absolute atomic E-state index is 12.0. The van der Waals surface area contributed by atoms with Gasteiger partial charge in [-0.1, -0.05) is 36.8 Å². The van der Waals surface area contributed by atoms with Gasteiger partial charge in [0.05, 0.1) is 10.7 Å². The van der Waals surface area contributed by atoms with Gasteiger partial charge in [-0.15, -0.1) is 10.2 Å². The molecule has 5 nitrogen and oxygen atoms in total. The lowest BCUT2D eigenvalue weighted by molar-refractivity contribution is 0.102. The molecule has 7 heteroatoms. The number of nitrogens with zero attached hydrogens (tertiary/aromatic N) is 2. The van der Waals surface area contributed by atoms with Gasteiger partial charge in [-0.25, -0.2) is 0 Å². The van der Waals surface area contributed by atoms with Crippen molar-refractivity contribution in [3.8, 4) is 0 Å². The van der Waals surface area contributed by atoms with Gasteiger partial charge >= 0.3 is 0 Å². The second-order valence-electron chi connectivity index (χ2n) is 4.29. The van der Waals surface area contributed by atoms with Gasteiger partial charge in [-0.3, -0.25) is 10.1 Å². The predicted octanol–water partition coefficient (Wildman–Crippen LogP) is 3.15. The van der Waals surface area contributed by atoms with E-state index in [0.717, 1.165) is 5.01 Å². The molecule has 1 aromatic carbocycles. The molecule has 1 amide bonds. The van der Waals surface area contributed by atoms with Gasteiger partial charge in [0.1, 0.15) is 5.01 Å². The van der Waals surface area contributed by atoms with Crippen LogP contribution in [0.2, 0.25) is 5.02 Å². The van der Waals surface area contributed by atoms with Crippen LogP contribution in [0.25, 0.3) is 0 Å². The molecule has 0 unspecified atom stereocenters. The average Bonchev–Trinajstić information content (AvgIpc) is 2.81. The number of carbonyl (C=O) groups excluding carboxylic acids is 1. The third-order valence-electron chi connectivity index (χ3n) is 2.41. The Bertz CT molecular complexity index is 612. The minimum Gasteiger partial charge on any atom is -0.398 e. The Hall–Kier alpha value is -1.66. The molecular weight excluding hydrogens is 284 g/mol. The summed E-state index contributed by atoms with van der Waals surface area (Å²) in [7, 11) is 0. The van der Waals surface area contributed by atoms with Crippen molar-refractivity contribution in [1.82, 2.24) is 10.2 Å². The highest BCUT2D eigenvalue weighted by molar-refractivity contribution is 7.15. The molecule has 0 saturated carbocycles. The average molecular weight is 297 g/mol. The Kier molecular flexibility index (Phi) is 4.01. The number of carbonyl (C=O) groups is 1. The number of anilines is 2. The molecule has 0 aliphatic heterocycles. The largest absolute Gasteiger partial charge is 0.398 e. The number of rotatable bonds is 3. The second kappa shape index (κ2) is 5.54. The first kappa shape index (κ1) is 13.8. The van der Waals surface area contributed by atoms with Gasteiger partial charge < -0.3 is 5.73 Å². The van der Waals surface area contributed by atoms with Gasteiger partial charge in [0.15, 0.2) is 0 Å². The number of nitrogen functional groups attached to an aromatic ring is 1. The summed E-state index contributed by atoms with van der Waals surface area (Å²) in [5.74, 6) is 0.00384. The van der Waals surface area contributed by atoms with Crippen LogP contribution in [0.15, 0.2) is 18.2 Å². The minimum atomic E-state index is -0.283. The molecule has 3 N–H and O–H groups in total. The highest BCUT2D eigenvalue weighted by atomic mass is 35.5. The number of nitrogens with one attached hydrogen (secondary N) is 1. The van der Waals surface area contributed by atoms with E-state index in [0.29, 0.717) is 21.4 Å². The topological polar surface area (TPSA) is 80.9 Å². The fraction of sp³-hybridized carbons (Fsp3) is 0.250. The van der Waals surface area contributed by atoms with E-state index in [-0.39, 0.29) is 11.8 Å². The fourth-order valence-electron chi connectivity index (χ4n) is 1.37. The SMILES string of the molecule is CC(C)c1nnc(NC(=O)c2ccc(Cl)c(N)c2)s1. The van der Waals surface area contributed by atoms with Crippen LogP contribution in [0.3, 0.4) is 0 Å². The van der Waals surface area contributed by atoms with Crippen LogP contribution in [0.5, 0.6) is 0 Å². The molecule has 0 spiro atoms. The second-order valence-corrected chi connectivity index (χ2v) is 5.71. The third kappa shape index (κ3) is 3.21. The number of aromatic nitrogens is 2. The van der Waals surface area contributed by atoms with E-state index < -0.39 is 0 Å². The Morgan fingerprint density at radius 3 is 2.74 bits per heavy atom. The van der Waals surface area contributed by atoms with Gasteiger partial charge in [0.25, 0.3) is 5.91 Å². The van der Waals surface area contributed by atoms with Crippen molar-refractivity contribution in [3.63, 3.8) is 0 Å². The molecule has 2 rings (SSSR count). The lowest BCUT2D eigenvalue weighted by Gasteiger charge is -2.03. The molecule has 19 heavy (non-hydrogen) atoms. The van der Waals surface area contributed by atoms with E-state index in [9.17, 15) is 4.79 Å². The van der Waals surface area contributed by atoms with Gasteiger partial charge in [0, 0.05) is 11.5 Å². The summed E-state index contributed by atoms with van der Waals surface area (Å²) in [6.07, 6.45) is 0. The maximum Gasteiger partial charge on any atom is 0.257 e. The molecule has 2 aromatic rings. The zero-order valence-corrected chi connectivity index (χ0v) is 12.0. The Labute approximate surface area is 119 Å². The third-order valence-corrected chi connectivity index (χ3v) is 3.90. The summed E-state index contributed by atoms with van der Waals surface area (Å²) < 4.78 is 0. The summed E-state index contributed by atoms with van der Waals surface area (Å²) in [6.45, 7) is 4.04. The minimum absolute atomic E-state index is 0.283. The Balaban J connectivity index is 2.13. The van der Waals surface area contributed by atoms with Crippen LogP contribution in [0.4, 0.5) is 10.8 Å². The molecule has 0 bridgehead atoms. The van der Waals surface area contributed by atoms with E-state index in [4.69, 9.17) is 17.3 Å². The highest BCUT2D eigenvalue weighted by Gasteiger charge is 2.12. The molecule has 0 aliphatic rings. The smallest absolute Gasteiger partial charge is 0.257 e. The fourth-order valence-corrected chi connectivity index (χ4v) is 2.23. The van der Waals surface area contributed by atoms with E-state index in [1.54, 1.807) is 12.1 Å². The van der Waals surface area contributed by atoms with Crippen molar-refractivity contribution >= 4 is 39.7 Å². The van der Waals surface area contributed by atoms with Gasteiger partial charge in [-0.05, 0) is 18.2 Å². The first-order valence-corrected chi connectivity index (χ1v) is 6.86. The van der Waals surface area contributed by atoms with Crippen LogP contribution in [0.1, 0.15) is 35.1 Å². The van der Waals surface area contributed by atoms with Crippen LogP contribution in [-0.4, -0.2) is 16.1 Å².